The van der Waals surface area contributed by atoms with E-state index in [9.17, 15) is 0 Å². The van der Waals surface area contributed by atoms with Crippen LogP contribution in [-0.4, -0.2) is 16.2 Å². The van der Waals surface area contributed by atoms with Crippen LogP contribution in [0.3, 0.4) is 0 Å². The first-order chi connectivity index (χ1) is 12.3. The van der Waals surface area contributed by atoms with E-state index in [1.54, 1.807) is 11.8 Å². The lowest BCUT2D eigenvalue weighted by molar-refractivity contribution is 1.22. The summed E-state index contributed by atoms with van der Waals surface area (Å²) in [6.45, 7) is 0. The molecule has 0 saturated heterocycles. The molecule has 2 nitrogen and oxygen atoms in total. The Labute approximate surface area is 151 Å². The monoisotopic (exact) mass is 340 g/mol. The zero-order chi connectivity index (χ0) is 16.8. The van der Waals surface area contributed by atoms with Crippen LogP contribution in [0.4, 0.5) is 0 Å². The highest BCUT2D eigenvalue weighted by atomic mass is 32.2. The first-order valence-electron chi connectivity index (χ1n) is 8.35. The number of aromatic nitrogens is 2. The maximum absolute atomic E-state index is 4.99. The Morgan fingerprint density at radius 2 is 1.76 bits per heavy atom. The lowest BCUT2D eigenvalue weighted by Crippen LogP contribution is -1.95. The molecule has 2 aromatic heterocycles. The van der Waals surface area contributed by atoms with Gasteiger partial charge in [-0.2, -0.15) is 0 Å². The zero-order valence-corrected chi connectivity index (χ0v) is 14.7. The number of rotatable bonds is 2. The minimum absolute atomic E-state index is 0.921. The average molecular weight is 340 g/mol. The Kier molecular flexibility index (Phi) is 3.35. The molecule has 1 aliphatic rings. The molecular weight excluding hydrogens is 324 g/mol. The van der Waals surface area contributed by atoms with Crippen LogP contribution in [-0.2, 0) is 6.42 Å². The molecule has 0 spiro atoms. The standard InChI is InChI=1S/C22H16N2S/c1-25-16-10-8-14(9-11-16)21-18-13-15-5-2-3-6-17(15)20(18)22-19(24-21)7-4-12-23-22/h2-12H,13H2,1H3. The second-order valence-corrected chi connectivity index (χ2v) is 7.13. The molecule has 120 valence electrons. The van der Waals surface area contributed by atoms with Crippen molar-refractivity contribution in [3.63, 3.8) is 0 Å². The van der Waals surface area contributed by atoms with Crippen molar-refractivity contribution in [2.24, 2.45) is 0 Å². The van der Waals surface area contributed by atoms with Crippen LogP contribution in [0.2, 0.25) is 0 Å². The van der Waals surface area contributed by atoms with E-state index in [4.69, 9.17) is 4.98 Å². The molecule has 25 heavy (non-hydrogen) atoms. The minimum atomic E-state index is 0.921. The third kappa shape index (κ3) is 2.27. The summed E-state index contributed by atoms with van der Waals surface area (Å²) in [6, 6.07) is 21.4. The van der Waals surface area contributed by atoms with Gasteiger partial charge in [0.15, 0.2) is 0 Å². The highest BCUT2D eigenvalue weighted by Crippen LogP contribution is 2.44. The molecule has 0 aliphatic heterocycles. The van der Waals surface area contributed by atoms with Gasteiger partial charge in [-0.3, -0.25) is 4.98 Å². The summed E-state index contributed by atoms with van der Waals surface area (Å²) in [5, 5.41) is 0. The highest BCUT2D eigenvalue weighted by molar-refractivity contribution is 7.98. The minimum Gasteiger partial charge on any atom is -0.254 e. The van der Waals surface area contributed by atoms with E-state index in [-0.39, 0.29) is 0 Å². The Morgan fingerprint density at radius 1 is 0.920 bits per heavy atom. The number of nitrogens with zero attached hydrogens (tertiary/aromatic N) is 2. The molecule has 2 heterocycles. The van der Waals surface area contributed by atoms with Crippen LogP contribution in [0.25, 0.3) is 33.4 Å². The summed E-state index contributed by atoms with van der Waals surface area (Å²) in [7, 11) is 0. The van der Waals surface area contributed by atoms with Crippen LogP contribution in [0, 0.1) is 0 Å². The quantitative estimate of drug-likeness (QED) is 0.392. The smallest absolute Gasteiger partial charge is 0.0968 e. The topological polar surface area (TPSA) is 25.8 Å². The van der Waals surface area contributed by atoms with E-state index >= 15 is 0 Å². The van der Waals surface area contributed by atoms with Crippen molar-refractivity contribution in [3.8, 4) is 22.4 Å². The largest absolute Gasteiger partial charge is 0.254 e. The van der Waals surface area contributed by atoms with Crippen LogP contribution < -0.4 is 0 Å². The van der Waals surface area contributed by atoms with Gasteiger partial charge in [0, 0.05) is 28.6 Å². The van der Waals surface area contributed by atoms with Gasteiger partial charge in [0.25, 0.3) is 0 Å². The molecule has 0 unspecified atom stereocenters. The van der Waals surface area contributed by atoms with Gasteiger partial charge in [0.05, 0.1) is 16.7 Å². The number of benzene rings is 2. The van der Waals surface area contributed by atoms with Crippen LogP contribution in [0.15, 0.2) is 71.8 Å². The van der Waals surface area contributed by atoms with Crippen molar-refractivity contribution in [1.29, 1.82) is 0 Å². The first kappa shape index (κ1) is 14.7. The van der Waals surface area contributed by atoms with Gasteiger partial charge in [-0.05, 0) is 47.2 Å². The van der Waals surface area contributed by atoms with Gasteiger partial charge in [-0.15, -0.1) is 11.8 Å². The van der Waals surface area contributed by atoms with E-state index in [0.717, 1.165) is 23.1 Å². The average Bonchev–Trinajstić information content (AvgIpc) is 3.07. The first-order valence-corrected chi connectivity index (χ1v) is 9.58. The van der Waals surface area contributed by atoms with Crippen LogP contribution in [0.5, 0.6) is 0 Å². The van der Waals surface area contributed by atoms with Crippen molar-refractivity contribution in [1.82, 2.24) is 9.97 Å². The Morgan fingerprint density at radius 3 is 2.60 bits per heavy atom. The van der Waals surface area contributed by atoms with Crippen molar-refractivity contribution < 1.29 is 0 Å². The van der Waals surface area contributed by atoms with Gasteiger partial charge in [-0.25, -0.2) is 4.98 Å². The summed E-state index contributed by atoms with van der Waals surface area (Å²) in [5.74, 6) is 0. The summed E-state index contributed by atoms with van der Waals surface area (Å²) in [4.78, 5) is 10.9. The summed E-state index contributed by atoms with van der Waals surface area (Å²) < 4.78 is 0. The molecule has 4 aromatic rings. The summed E-state index contributed by atoms with van der Waals surface area (Å²) in [5.41, 5.74) is 9.43. The fourth-order valence-corrected chi connectivity index (χ4v) is 4.10. The molecule has 0 radical (unpaired) electrons. The zero-order valence-electron chi connectivity index (χ0n) is 13.9. The van der Waals surface area contributed by atoms with Gasteiger partial charge in [0.2, 0.25) is 0 Å². The molecule has 0 bridgehead atoms. The predicted octanol–water partition coefficient (Wildman–Crippen LogP) is 5.59. The Bertz CT molecular complexity index is 1100. The fraction of sp³-hybridized carbons (Fsp3) is 0.0909. The molecule has 0 saturated carbocycles. The van der Waals surface area contributed by atoms with Crippen LogP contribution in [0.1, 0.15) is 11.1 Å². The van der Waals surface area contributed by atoms with Gasteiger partial charge >= 0.3 is 0 Å². The predicted molar refractivity (Wildman–Crippen MR) is 105 cm³/mol. The number of pyridine rings is 2. The normalized spacial score (nSPS) is 12.2. The second-order valence-electron chi connectivity index (χ2n) is 6.25. The fourth-order valence-electron chi connectivity index (χ4n) is 3.69. The van der Waals surface area contributed by atoms with E-state index in [1.165, 1.54) is 32.7 Å². The van der Waals surface area contributed by atoms with Crippen molar-refractivity contribution in [2.75, 3.05) is 6.26 Å². The summed E-state index contributed by atoms with van der Waals surface area (Å²) >= 11 is 1.76. The molecule has 0 atom stereocenters. The molecule has 0 amide bonds. The van der Waals surface area contributed by atoms with E-state index < -0.39 is 0 Å². The molecule has 3 heteroatoms. The molecule has 1 aliphatic carbocycles. The number of fused-ring (bicyclic) bond motifs is 5. The molecular formula is C22H16N2S. The third-order valence-corrected chi connectivity index (χ3v) is 5.60. The second kappa shape index (κ2) is 5.71. The van der Waals surface area contributed by atoms with Gasteiger partial charge in [0.1, 0.15) is 0 Å². The number of thioether (sulfide) groups is 1. The lowest BCUT2D eigenvalue weighted by atomic mass is 9.99. The molecule has 2 aromatic carbocycles. The van der Waals surface area contributed by atoms with Gasteiger partial charge < -0.3 is 0 Å². The summed E-state index contributed by atoms with van der Waals surface area (Å²) in [6.07, 6.45) is 4.88. The maximum atomic E-state index is 4.99. The number of hydrogen-bond acceptors (Lipinski definition) is 3. The van der Waals surface area contributed by atoms with Gasteiger partial charge in [-0.1, -0.05) is 36.4 Å². The number of hydrogen-bond donors (Lipinski definition) is 0. The SMILES string of the molecule is CSc1ccc(-c2nc3cccnc3c3c2Cc2ccccc2-3)cc1. The Balaban J connectivity index is 1.83. The van der Waals surface area contributed by atoms with Crippen molar-refractivity contribution in [2.45, 2.75) is 11.3 Å². The van der Waals surface area contributed by atoms with E-state index in [2.05, 4.69) is 65.8 Å². The lowest BCUT2D eigenvalue weighted by Gasteiger charge is -2.11. The van der Waals surface area contributed by atoms with E-state index in [0.29, 0.717) is 0 Å². The van der Waals surface area contributed by atoms with Crippen LogP contribution >= 0.6 is 11.8 Å². The Hall–Kier alpha value is -2.65. The van der Waals surface area contributed by atoms with Crippen molar-refractivity contribution >= 4 is 22.8 Å². The van der Waals surface area contributed by atoms with E-state index in [1.807, 2.05) is 12.3 Å². The maximum Gasteiger partial charge on any atom is 0.0968 e. The highest BCUT2D eigenvalue weighted by Gasteiger charge is 2.25. The van der Waals surface area contributed by atoms with Crippen molar-refractivity contribution in [3.05, 3.63) is 78.0 Å². The third-order valence-electron chi connectivity index (χ3n) is 4.86. The molecule has 0 fully saturated rings. The molecule has 0 N–H and O–H groups in total. The molecule has 5 rings (SSSR count).